The first-order valence-electron chi connectivity index (χ1n) is 5.47. The van der Waals surface area contributed by atoms with E-state index in [1.54, 1.807) is 7.11 Å². The summed E-state index contributed by atoms with van der Waals surface area (Å²) in [7, 11) is 1.60. The second kappa shape index (κ2) is 6.81. The first-order valence-corrected chi connectivity index (χ1v) is 6.26. The molecule has 0 aromatic heterocycles. The lowest BCUT2D eigenvalue weighted by atomic mass is 10.0. The van der Waals surface area contributed by atoms with E-state index < -0.39 is 0 Å². The monoisotopic (exact) mass is 284 g/mol. The van der Waals surface area contributed by atoms with Crippen molar-refractivity contribution in [3.8, 4) is 0 Å². The molecule has 0 aliphatic heterocycles. The van der Waals surface area contributed by atoms with Crippen molar-refractivity contribution in [3.63, 3.8) is 0 Å². The van der Waals surface area contributed by atoms with Crippen molar-refractivity contribution in [2.75, 3.05) is 7.11 Å². The first-order chi connectivity index (χ1) is 7.67. The minimum absolute atomic E-state index is 0.155. The summed E-state index contributed by atoms with van der Waals surface area (Å²) in [5.74, 6) is 0.155. The predicted octanol–water partition coefficient (Wildman–Crippen LogP) is 3.38. The number of hydrogen-bond acceptors (Lipinski definition) is 2. The van der Waals surface area contributed by atoms with Crippen LogP contribution in [-0.4, -0.2) is 19.0 Å². The highest BCUT2D eigenvalue weighted by molar-refractivity contribution is 9.10. The lowest BCUT2D eigenvalue weighted by Crippen LogP contribution is -2.24. The molecule has 88 valence electrons. The quantitative estimate of drug-likeness (QED) is 0.801. The molecule has 0 amide bonds. The fourth-order valence-electron chi connectivity index (χ4n) is 1.63. The van der Waals surface area contributed by atoms with Crippen LogP contribution in [0.15, 0.2) is 28.7 Å². The summed E-state index contributed by atoms with van der Waals surface area (Å²) in [6, 6.07) is 7.82. The molecule has 1 aromatic carbocycles. The highest BCUT2D eigenvalue weighted by Crippen LogP contribution is 2.14. The van der Waals surface area contributed by atoms with Crippen LogP contribution < -0.4 is 0 Å². The molecule has 1 unspecified atom stereocenters. The van der Waals surface area contributed by atoms with Crippen LogP contribution in [0.5, 0.6) is 0 Å². The molecule has 0 aliphatic rings. The molecule has 1 aromatic rings. The van der Waals surface area contributed by atoms with E-state index in [4.69, 9.17) is 4.74 Å². The van der Waals surface area contributed by atoms with Crippen molar-refractivity contribution < 1.29 is 9.53 Å². The van der Waals surface area contributed by atoms with Crippen molar-refractivity contribution in [1.82, 2.24) is 0 Å². The normalized spacial score (nSPS) is 12.4. The van der Waals surface area contributed by atoms with Crippen LogP contribution >= 0.6 is 15.9 Å². The van der Waals surface area contributed by atoms with Gasteiger partial charge in [-0.2, -0.15) is 0 Å². The van der Waals surface area contributed by atoms with Crippen LogP contribution in [0.25, 0.3) is 0 Å². The van der Waals surface area contributed by atoms with Gasteiger partial charge >= 0.3 is 0 Å². The summed E-state index contributed by atoms with van der Waals surface area (Å²) >= 11 is 3.39. The highest BCUT2D eigenvalue weighted by atomic mass is 79.9. The van der Waals surface area contributed by atoms with Gasteiger partial charge in [0.15, 0.2) is 5.78 Å². The zero-order valence-electron chi connectivity index (χ0n) is 9.70. The maximum atomic E-state index is 11.9. The van der Waals surface area contributed by atoms with E-state index >= 15 is 0 Å². The van der Waals surface area contributed by atoms with E-state index in [-0.39, 0.29) is 11.9 Å². The average molecular weight is 285 g/mol. The molecular weight excluding hydrogens is 268 g/mol. The predicted molar refractivity (Wildman–Crippen MR) is 68.6 cm³/mol. The number of methoxy groups -OCH3 is 1. The molecular formula is C13H17BrO2. The minimum Gasteiger partial charge on any atom is -0.374 e. The molecule has 0 N–H and O–H groups in total. The molecule has 0 fully saturated rings. The van der Waals surface area contributed by atoms with Crippen LogP contribution in [-0.2, 0) is 16.0 Å². The second-order valence-electron chi connectivity index (χ2n) is 3.79. The zero-order chi connectivity index (χ0) is 12.0. The van der Waals surface area contributed by atoms with Gasteiger partial charge in [-0.1, -0.05) is 41.4 Å². The third kappa shape index (κ3) is 4.06. The zero-order valence-corrected chi connectivity index (χ0v) is 11.3. The maximum Gasteiger partial charge on any atom is 0.165 e. The number of benzene rings is 1. The molecule has 0 radical (unpaired) electrons. The Balaban J connectivity index is 2.62. The summed E-state index contributed by atoms with van der Waals surface area (Å²) in [4.78, 5) is 11.9. The number of Topliss-reactive ketones (excluding diaryl/α,β-unsaturated/α-hetero) is 1. The van der Waals surface area contributed by atoms with Gasteiger partial charge in [0.05, 0.1) is 0 Å². The second-order valence-corrected chi connectivity index (χ2v) is 4.70. The highest BCUT2D eigenvalue weighted by Gasteiger charge is 2.16. The van der Waals surface area contributed by atoms with Crippen LogP contribution in [0.2, 0.25) is 0 Å². The smallest absolute Gasteiger partial charge is 0.165 e. The van der Waals surface area contributed by atoms with Crippen molar-refractivity contribution in [3.05, 3.63) is 34.3 Å². The maximum absolute atomic E-state index is 11.9. The Morgan fingerprint density at radius 3 is 2.81 bits per heavy atom. The SMILES string of the molecule is CCCC(OC)C(=O)Cc1cccc(Br)c1. The van der Waals surface area contributed by atoms with Gasteiger partial charge in [0, 0.05) is 18.0 Å². The Morgan fingerprint density at radius 2 is 2.25 bits per heavy atom. The van der Waals surface area contributed by atoms with Gasteiger partial charge in [0.2, 0.25) is 0 Å². The van der Waals surface area contributed by atoms with Gasteiger partial charge < -0.3 is 4.74 Å². The average Bonchev–Trinajstić information content (AvgIpc) is 2.25. The van der Waals surface area contributed by atoms with Gasteiger partial charge in [-0.05, 0) is 24.1 Å². The lowest BCUT2D eigenvalue weighted by Gasteiger charge is -2.12. The number of hydrogen-bond donors (Lipinski definition) is 0. The third-order valence-electron chi connectivity index (χ3n) is 2.46. The van der Waals surface area contributed by atoms with E-state index in [0.717, 1.165) is 22.9 Å². The standard InChI is InChI=1S/C13H17BrO2/c1-3-5-13(16-2)12(15)9-10-6-4-7-11(14)8-10/h4,6-8,13H,3,5,9H2,1-2H3. The summed E-state index contributed by atoms with van der Waals surface area (Å²) in [6.07, 6.45) is 1.94. The number of ketones is 1. The Hall–Kier alpha value is -0.670. The molecule has 0 saturated carbocycles. The summed E-state index contributed by atoms with van der Waals surface area (Å²) in [6.45, 7) is 2.05. The molecule has 0 heterocycles. The number of carbonyl (C=O) groups excluding carboxylic acids is 1. The molecule has 0 aliphatic carbocycles. The largest absolute Gasteiger partial charge is 0.374 e. The van der Waals surface area contributed by atoms with Crippen molar-refractivity contribution >= 4 is 21.7 Å². The van der Waals surface area contributed by atoms with E-state index in [1.807, 2.05) is 24.3 Å². The van der Waals surface area contributed by atoms with Crippen LogP contribution in [0.1, 0.15) is 25.3 Å². The summed E-state index contributed by atoms with van der Waals surface area (Å²) in [5.41, 5.74) is 1.03. The van der Waals surface area contributed by atoms with Gasteiger partial charge in [0.1, 0.15) is 6.10 Å². The number of ether oxygens (including phenoxy) is 1. The molecule has 2 nitrogen and oxygen atoms in total. The summed E-state index contributed by atoms with van der Waals surface area (Å²) < 4.78 is 6.20. The molecule has 3 heteroatoms. The Labute approximate surface area is 105 Å². The molecule has 0 bridgehead atoms. The first kappa shape index (κ1) is 13.4. The van der Waals surface area contributed by atoms with E-state index in [0.29, 0.717) is 6.42 Å². The molecule has 0 spiro atoms. The van der Waals surface area contributed by atoms with Crippen LogP contribution in [0.3, 0.4) is 0 Å². The fourth-order valence-corrected chi connectivity index (χ4v) is 2.08. The summed E-state index contributed by atoms with van der Waals surface area (Å²) in [5, 5.41) is 0. The third-order valence-corrected chi connectivity index (χ3v) is 2.96. The Morgan fingerprint density at radius 1 is 1.50 bits per heavy atom. The number of carbonyl (C=O) groups is 1. The van der Waals surface area contributed by atoms with Crippen LogP contribution in [0, 0.1) is 0 Å². The Kier molecular flexibility index (Phi) is 5.71. The molecule has 1 rings (SSSR count). The van der Waals surface area contributed by atoms with Crippen molar-refractivity contribution in [1.29, 1.82) is 0 Å². The van der Waals surface area contributed by atoms with Gasteiger partial charge in [-0.3, -0.25) is 4.79 Å². The Bertz CT molecular complexity index is 350. The minimum atomic E-state index is -0.260. The molecule has 1 atom stereocenters. The molecule has 16 heavy (non-hydrogen) atoms. The van der Waals surface area contributed by atoms with Crippen molar-refractivity contribution in [2.45, 2.75) is 32.3 Å². The lowest BCUT2D eigenvalue weighted by molar-refractivity contribution is -0.128. The van der Waals surface area contributed by atoms with E-state index in [2.05, 4.69) is 22.9 Å². The topological polar surface area (TPSA) is 26.3 Å². The van der Waals surface area contributed by atoms with Gasteiger partial charge in [0.25, 0.3) is 0 Å². The fraction of sp³-hybridized carbons (Fsp3) is 0.462. The molecule has 0 saturated heterocycles. The van der Waals surface area contributed by atoms with Crippen LogP contribution in [0.4, 0.5) is 0 Å². The van der Waals surface area contributed by atoms with Gasteiger partial charge in [-0.15, -0.1) is 0 Å². The van der Waals surface area contributed by atoms with E-state index in [1.165, 1.54) is 0 Å². The van der Waals surface area contributed by atoms with E-state index in [9.17, 15) is 4.79 Å². The van der Waals surface area contributed by atoms with Crippen molar-refractivity contribution in [2.24, 2.45) is 0 Å². The number of rotatable bonds is 6. The van der Waals surface area contributed by atoms with Gasteiger partial charge in [-0.25, -0.2) is 0 Å². The number of halogens is 1.